The van der Waals surface area contributed by atoms with Crippen molar-refractivity contribution in [1.82, 2.24) is 19.6 Å². The number of piperazine rings is 1. The summed E-state index contributed by atoms with van der Waals surface area (Å²) in [6, 6.07) is 8.31. The van der Waals surface area contributed by atoms with Crippen LogP contribution < -0.4 is 4.74 Å². The van der Waals surface area contributed by atoms with Gasteiger partial charge in [0, 0.05) is 50.6 Å². The van der Waals surface area contributed by atoms with Gasteiger partial charge in [0.25, 0.3) is 0 Å². The molecule has 1 N–H and O–H groups in total. The van der Waals surface area contributed by atoms with E-state index in [0.717, 1.165) is 44.0 Å². The summed E-state index contributed by atoms with van der Waals surface area (Å²) >= 11 is 0. The molecule has 1 aliphatic rings. The fourth-order valence-corrected chi connectivity index (χ4v) is 3.27. The molecule has 3 rings (SSSR count). The van der Waals surface area contributed by atoms with Crippen LogP contribution in [0.25, 0.3) is 5.69 Å². The summed E-state index contributed by atoms with van der Waals surface area (Å²) in [4.78, 5) is 4.77. The molecule has 2 aromatic rings. The van der Waals surface area contributed by atoms with E-state index in [1.165, 1.54) is 5.56 Å². The number of rotatable bonds is 6. The summed E-state index contributed by atoms with van der Waals surface area (Å²) in [7, 11) is 3.81. The van der Waals surface area contributed by atoms with Gasteiger partial charge in [-0.05, 0) is 25.6 Å². The van der Waals surface area contributed by atoms with Gasteiger partial charge in [0.1, 0.15) is 11.4 Å². The van der Waals surface area contributed by atoms with E-state index in [-0.39, 0.29) is 6.61 Å². The number of hydrogen-bond donors (Lipinski definition) is 1. The zero-order valence-electron chi connectivity index (χ0n) is 14.4. The number of methoxy groups -OCH3 is 1. The zero-order chi connectivity index (χ0) is 16.9. The molecule has 1 atom stereocenters. The van der Waals surface area contributed by atoms with Crippen LogP contribution in [-0.2, 0) is 6.54 Å². The third-order valence-corrected chi connectivity index (χ3v) is 4.70. The van der Waals surface area contributed by atoms with Gasteiger partial charge in [-0.3, -0.25) is 4.90 Å². The molecule has 1 aromatic heterocycles. The normalized spacial score (nSPS) is 19.5. The second-order valence-electron chi connectivity index (χ2n) is 6.35. The van der Waals surface area contributed by atoms with Gasteiger partial charge in [-0.25, -0.2) is 4.68 Å². The minimum atomic E-state index is 0.245. The van der Waals surface area contributed by atoms with Crippen LogP contribution >= 0.6 is 0 Å². The van der Waals surface area contributed by atoms with Crippen LogP contribution in [0.3, 0.4) is 0 Å². The Morgan fingerprint density at radius 2 is 2.12 bits per heavy atom. The predicted octanol–water partition coefficient (Wildman–Crippen LogP) is 1.38. The summed E-state index contributed by atoms with van der Waals surface area (Å²) in [6.45, 7) is 4.18. The van der Waals surface area contributed by atoms with E-state index in [2.05, 4.69) is 28.1 Å². The summed E-state index contributed by atoms with van der Waals surface area (Å²) in [5.74, 6) is 0.815. The molecule has 0 amide bonds. The van der Waals surface area contributed by atoms with Gasteiger partial charge >= 0.3 is 0 Å². The molecule has 0 spiro atoms. The first-order chi connectivity index (χ1) is 11.7. The Labute approximate surface area is 143 Å². The smallest absolute Gasteiger partial charge is 0.144 e. The lowest BCUT2D eigenvalue weighted by molar-refractivity contribution is 0.0743. The summed E-state index contributed by atoms with van der Waals surface area (Å²) in [5, 5.41) is 13.7. The summed E-state index contributed by atoms with van der Waals surface area (Å²) in [6.07, 6.45) is 4.82. The maximum atomic E-state index is 9.22. The molecular weight excluding hydrogens is 304 g/mol. The minimum absolute atomic E-state index is 0.245. The lowest BCUT2D eigenvalue weighted by atomic mass is 10.1. The second kappa shape index (κ2) is 7.79. The predicted molar refractivity (Wildman–Crippen MR) is 93.5 cm³/mol. The average molecular weight is 330 g/mol. The van der Waals surface area contributed by atoms with Gasteiger partial charge in [-0.1, -0.05) is 12.1 Å². The van der Waals surface area contributed by atoms with Crippen LogP contribution in [0.1, 0.15) is 12.0 Å². The van der Waals surface area contributed by atoms with Crippen LogP contribution in [0.4, 0.5) is 0 Å². The van der Waals surface area contributed by atoms with Gasteiger partial charge in [0.2, 0.25) is 0 Å². The molecule has 0 unspecified atom stereocenters. The maximum absolute atomic E-state index is 9.22. The fraction of sp³-hybridized carbons (Fsp3) is 0.500. The molecule has 1 aliphatic heterocycles. The Morgan fingerprint density at radius 1 is 1.29 bits per heavy atom. The molecule has 1 saturated heterocycles. The molecule has 0 aliphatic carbocycles. The molecule has 2 heterocycles. The third-order valence-electron chi connectivity index (χ3n) is 4.70. The monoisotopic (exact) mass is 330 g/mol. The Balaban J connectivity index is 1.68. The number of aliphatic hydroxyl groups excluding tert-OH is 1. The van der Waals surface area contributed by atoms with Crippen LogP contribution in [0, 0.1) is 0 Å². The Hall–Kier alpha value is -1.89. The lowest BCUT2D eigenvalue weighted by Gasteiger charge is -2.39. The van der Waals surface area contributed by atoms with Crippen LogP contribution in [0.5, 0.6) is 5.75 Å². The van der Waals surface area contributed by atoms with Crippen LogP contribution in [0.15, 0.2) is 36.7 Å². The molecule has 1 fully saturated rings. The largest absolute Gasteiger partial charge is 0.494 e. The first-order valence-electron chi connectivity index (χ1n) is 8.41. The molecule has 24 heavy (non-hydrogen) atoms. The van der Waals surface area contributed by atoms with Crippen molar-refractivity contribution in [2.75, 3.05) is 40.4 Å². The summed E-state index contributed by atoms with van der Waals surface area (Å²) < 4.78 is 7.28. The standard InChI is InChI=1S/C18H26N4O2/c1-20-8-9-21(14-16(20)7-10-23)12-15-11-19-22(13-15)17-5-3-4-6-18(17)24-2/h3-6,11,13,16,23H,7-10,12,14H2,1-2H3/t16-/m1/s1. The highest BCUT2D eigenvalue weighted by Gasteiger charge is 2.24. The van der Waals surface area contributed by atoms with Crippen molar-refractivity contribution >= 4 is 0 Å². The van der Waals surface area contributed by atoms with Crippen LogP contribution in [0.2, 0.25) is 0 Å². The van der Waals surface area contributed by atoms with Crippen molar-refractivity contribution < 1.29 is 9.84 Å². The van der Waals surface area contributed by atoms with Crippen molar-refractivity contribution in [2.24, 2.45) is 0 Å². The van der Waals surface area contributed by atoms with Gasteiger partial charge in [0.15, 0.2) is 0 Å². The SMILES string of the molecule is COc1ccccc1-n1cc(CN2CCN(C)[C@H](CCO)C2)cn1. The third kappa shape index (κ3) is 3.77. The van der Waals surface area contributed by atoms with Crippen molar-refractivity contribution in [3.8, 4) is 11.4 Å². The molecule has 0 radical (unpaired) electrons. The van der Waals surface area contributed by atoms with Gasteiger partial charge in [-0.2, -0.15) is 5.10 Å². The quantitative estimate of drug-likeness (QED) is 0.867. The number of benzene rings is 1. The first-order valence-corrected chi connectivity index (χ1v) is 8.41. The maximum Gasteiger partial charge on any atom is 0.144 e. The highest BCUT2D eigenvalue weighted by atomic mass is 16.5. The molecule has 0 bridgehead atoms. The number of para-hydroxylation sites is 2. The van der Waals surface area contributed by atoms with E-state index in [9.17, 15) is 5.11 Å². The van der Waals surface area contributed by atoms with E-state index in [4.69, 9.17) is 4.74 Å². The molecule has 130 valence electrons. The number of ether oxygens (including phenoxy) is 1. The first kappa shape index (κ1) is 17.0. The topological polar surface area (TPSA) is 53.8 Å². The highest BCUT2D eigenvalue weighted by Crippen LogP contribution is 2.22. The van der Waals surface area contributed by atoms with Crippen molar-refractivity contribution in [3.05, 3.63) is 42.2 Å². The Kier molecular flexibility index (Phi) is 5.50. The van der Waals surface area contributed by atoms with Gasteiger partial charge < -0.3 is 14.7 Å². The van der Waals surface area contributed by atoms with Gasteiger partial charge in [-0.15, -0.1) is 0 Å². The fourth-order valence-electron chi connectivity index (χ4n) is 3.27. The molecule has 1 aromatic carbocycles. The van der Waals surface area contributed by atoms with Crippen molar-refractivity contribution in [2.45, 2.75) is 19.0 Å². The molecular formula is C18H26N4O2. The van der Waals surface area contributed by atoms with Gasteiger partial charge in [0.05, 0.1) is 13.3 Å². The summed E-state index contributed by atoms with van der Waals surface area (Å²) in [5.41, 5.74) is 2.14. The van der Waals surface area contributed by atoms with E-state index in [0.29, 0.717) is 6.04 Å². The second-order valence-corrected chi connectivity index (χ2v) is 6.35. The van der Waals surface area contributed by atoms with Crippen LogP contribution in [-0.4, -0.2) is 71.1 Å². The van der Waals surface area contributed by atoms with E-state index in [1.54, 1.807) is 7.11 Å². The number of hydrogen-bond acceptors (Lipinski definition) is 5. The minimum Gasteiger partial charge on any atom is -0.494 e. The Morgan fingerprint density at radius 3 is 2.92 bits per heavy atom. The molecule has 6 heteroatoms. The molecule has 0 saturated carbocycles. The van der Waals surface area contributed by atoms with E-state index in [1.807, 2.05) is 35.1 Å². The highest BCUT2D eigenvalue weighted by molar-refractivity contribution is 5.46. The van der Waals surface area contributed by atoms with Crippen molar-refractivity contribution in [1.29, 1.82) is 0 Å². The number of aromatic nitrogens is 2. The Bertz CT molecular complexity index is 658. The zero-order valence-corrected chi connectivity index (χ0v) is 14.4. The molecule has 6 nitrogen and oxygen atoms in total. The number of aliphatic hydroxyl groups is 1. The van der Waals surface area contributed by atoms with E-state index >= 15 is 0 Å². The number of likely N-dealkylation sites (N-methyl/N-ethyl adjacent to an activating group) is 1. The van der Waals surface area contributed by atoms with Crippen molar-refractivity contribution in [3.63, 3.8) is 0 Å². The van der Waals surface area contributed by atoms with E-state index < -0.39 is 0 Å². The lowest BCUT2D eigenvalue weighted by Crippen LogP contribution is -2.51. The number of nitrogens with zero attached hydrogens (tertiary/aromatic N) is 4. The average Bonchev–Trinajstić information content (AvgIpc) is 3.06.